The molecule has 17 heavy (non-hydrogen) atoms. The van der Waals surface area contributed by atoms with Crippen LogP contribution >= 0.6 is 0 Å². The number of aromatic nitrogens is 4. The van der Waals surface area contributed by atoms with Gasteiger partial charge in [-0.25, -0.2) is 4.68 Å². The standard InChI is InChI=1S/C10H10N4O3/c1-17-8-4-2-3-7(5-8)10-11-12-13-14(10)6-9(15)16/h2-5H,6H2,1H3,(H,15,16). The van der Waals surface area contributed by atoms with Crippen LogP contribution < -0.4 is 4.74 Å². The fourth-order valence-corrected chi connectivity index (χ4v) is 1.41. The number of nitrogens with zero attached hydrogens (tertiary/aromatic N) is 4. The van der Waals surface area contributed by atoms with E-state index in [4.69, 9.17) is 9.84 Å². The van der Waals surface area contributed by atoms with E-state index in [1.807, 2.05) is 0 Å². The van der Waals surface area contributed by atoms with E-state index >= 15 is 0 Å². The summed E-state index contributed by atoms with van der Waals surface area (Å²) in [5, 5.41) is 19.6. The summed E-state index contributed by atoms with van der Waals surface area (Å²) in [5.74, 6) is 0.0557. The second-order valence-electron chi connectivity index (χ2n) is 3.29. The molecule has 0 spiro atoms. The number of aliphatic carboxylic acids is 1. The fourth-order valence-electron chi connectivity index (χ4n) is 1.41. The van der Waals surface area contributed by atoms with Crippen molar-refractivity contribution in [2.45, 2.75) is 6.54 Å². The van der Waals surface area contributed by atoms with Crippen molar-refractivity contribution in [1.29, 1.82) is 0 Å². The number of carbonyl (C=O) groups is 1. The van der Waals surface area contributed by atoms with Crippen LogP contribution in [0.2, 0.25) is 0 Å². The van der Waals surface area contributed by atoms with Gasteiger partial charge >= 0.3 is 5.97 Å². The van der Waals surface area contributed by atoms with Crippen molar-refractivity contribution >= 4 is 5.97 Å². The molecule has 7 heteroatoms. The number of benzene rings is 1. The summed E-state index contributed by atoms with van der Waals surface area (Å²) < 4.78 is 6.30. The molecule has 0 amide bonds. The first-order valence-electron chi connectivity index (χ1n) is 4.83. The first kappa shape index (κ1) is 11.1. The third-order valence-corrected chi connectivity index (χ3v) is 2.14. The minimum absolute atomic E-state index is 0.278. The molecule has 0 saturated heterocycles. The van der Waals surface area contributed by atoms with E-state index in [-0.39, 0.29) is 6.54 Å². The molecule has 2 rings (SSSR count). The summed E-state index contributed by atoms with van der Waals surface area (Å²) in [6, 6.07) is 7.10. The Bertz CT molecular complexity index is 538. The summed E-state index contributed by atoms with van der Waals surface area (Å²) >= 11 is 0. The minimum Gasteiger partial charge on any atom is -0.497 e. The third-order valence-electron chi connectivity index (χ3n) is 2.14. The Kier molecular flexibility index (Phi) is 2.99. The maximum atomic E-state index is 10.6. The van der Waals surface area contributed by atoms with Crippen LogP contribution in [0.15, 0.2) is 24.3 Å². The lowest BCUT2D eigenvalue weighted by Crippen LogP contribution is -2.11. The zero-order chi connectivity index (χ0) is 12.3. The average molecular weight is 234 g/mol. The largest absolute Gasteiger partial charge is 0.497 e. The molecular formula is C10H10N4O3. The van der Waals surface area contributed by atoms with Gasteiger partial charge in [0.15, 0.2) is 5.82 Å². The lowest BCUT2D eigenvalue weighted by Gasteiger charge is -2.03. The van der Waals surface area contributed by atoms with Crippen LogP contribution in [0.3, 0.4) is 0 Å². The molecule has 88 valence electrons. The number of rotatable bonds is 4. The highest BCUT2D eigenvalue weighted by Gasteiger charge is 2.11. The van der Waals surface area contributed by atoms with Gasteiger partial charge in [-0.1, -0.05) is 12.1 Å². The first-order valence-corrected chi connectivity index (χ1v) is 4.83. The molecule has 0 saturated carbocycles. The molecule has 2 aromatic rings. The smallest absolute Gasteiger partial charge is 0.325 e. The van der Waals surface area contributed by atoms with E-state index in [9.17, 15) is 4.79 Å². The number of carboxylic acid groups (broad SMARTS) is 1. The Morgan fingerprint density at radius 3 is 3.06 bits per heavy atom. The van der Waals surface area contributed by atoms with Crippen molar-refractivity contribution < 1.29 is 14.6 Å². The average Bonchev–Trinajstić information content (AvgIpc) is 2.76. The Morgan fingerprint density at radius 2 is 2.35 bits per heavy atom. The highest BCUT2D eigenvalue weighted by molar-refractivity contribution is 5.67. The molecule has 0 atom stereocenters. The Hall–Kier alpha value is -2.44. The molecule has 0 bridgehead atoms. The van der Waals surface area contributed by atoms with Crippen molar-refractivity contribution in [3.05, 3.63) is 24.3 Å². The fraction of sp³-hybridized carbons (Fsp3) is 0.200. The Morgan fingerprint density at radius 1 is 1.53 bits per heavy atom. The molecule has 0 aliphatic rings. The van der Waals surface area contributed by atoms with E-state index in [1.54, 1.807) is 31.4 Å². The van der Waals surface area contributed by atoms with Gasteiger partial charge in [0.1, 0.15) is 12.3 Å². The van der Waals surface area contributed by atoms with E-state index in [0.29, 0.717) is 17.1 Å². The molecule has 0 unspecified atom stereocenters. The molecule has 7 nitrogen and oxygen atoms in total. The number of ether oxygens (including phenoxy) is 1. The summed E-state index contributed by atoms with van der Waals surface area (Å²) in [6.07, 6.45) is 0. The SMILES string of the molecule is COc1cccc(-c2nnnn2CC(=O)O)c1. The summed E-state index contributed by atoms with van der Waals surface area (Å²) in [7, 11) is 1.55. The molecule has 0 radical (unpaired) electrons. The predicted octanol–water partition coefficient (Wildman–Crippen LogP) is 0.433. The van der Waals surface area contributed by atoms with Crippen LogP contribution in [-0.2, 0) is 11.3 Å². The van der Waals surface area contributed by atoms with Gasteiger partial charge in [-0.15, -0.1) is 5.10 Å². The van der Waals surface area contributed by atoms with Gasteiger partial charge in [0.2, 0.25) is 0 Å². The monoisotopic (exact) mass is 234 g/mol. The third kappa shape index (κ3) is 2.39. The zero-order valence-corrected chi connectivity index (χ0v) is 9.07. The maximum absolute atomic E-state index is 10.6. The lowest BCUT2D eigenvalue weighted by molar-refractivity contribution is -0.137. The molecule has 1 aromatic heterocycles. The molecular weight excluding hydrogens is 224 g/mol. The molecule has 0 aliphatic heterocycles. The molecule has 0 aliphatic carbocycles. The van der Waals surface area contributed by atoms with Gasteiger partial charge < -0.3 is 9.84 Å². The number of hydrogen-bond acceptors (Lipinski definition) is 5. The van der Waals surface area contributed by atoms with Crippen LogP contribution in [0.1, 0.15) is 0 Å². The van der Waals surface area contributed by atoms with Crippen LogP contribution in [0, 0.1) is 0 Å². The number of methoxy groups -OCH3 is 1. The van der Waals surface area contributed by atoms with Gasteiger partial charge in [-0.3, -0.25) is 4.79 Å². The van der Waals surface area contributed by atoms with Gasteiger partial charge in [-0.2, -0.15) is 0 Å². The van der Waals surface area contributed by atoms with Crippen LogP contribution in [0.5, 0.6) is 5.75 Å². The molecule has 0 fully saturated rings. The van der Waals surface area contributed by atoms with E-state index in [1.165, 1.54) is 4.68 Å². The molecule has 1 heterocycles. The summed E-state index contributed by atoms with van der Waals surface area (Å²) in [6.45, 7) is -0.278. The van der Waals surface area contributed by atoms with Crippen LogP contribution in [0.25, 0.3) is 11.4 Å². The summed E-state index contributed by atoms with van der Waals surface area (Å²) in [5.41, 5.74) is 0.704. The highest BCUT2D eigenvalue weighted by atomic mass is 16.5. The van der Waals surface area contributed by atoms with Crippen molar-refractivity contribution in [2.24, 2.45) is 0 Å². The summed E-state index contributed by atoms with van der Waals surface area (Å²) in [4.78, 5) is 10.6. The van der Waals surface area contributed by atoms with Gasteiger partial charge in [0.05, 0.1) is 7.11 Å². The maximum Gasteiger partial charge on any atom is 0.325 e. The Balaban J connectivity index is 2.38. The van der Waals surface area contributed by atoms with Crippen molar-refractivity contribution in [1.82, 2.24) is 20.2 Å². The predicted molar refractivity (Wildman–Crippen MR) is 57.4 cm³/mol. The van der Waals surface area contributed by atoms with E-state index in [2.05, 4.69) is 15.5 Å². The van der Waals surface area contributed by atoms with Crippen molar-refractivity contribution in [3.63, 3.8) is 0 Å². The van der Waals surface area contributed by atoms with Gasteiger partial charge in [0, 0.05) is 5.56 Å². The Labute approximate surface area is 96.6 Å². The molecule has 1 N–H and O–H groups in total. The minimum atomic E-state index is -0.999. The van der Waals surface area contributed by atoms with Crippen LogP contribution in [-0.4, -0.2) is 38.4 Å². The first-order chi connectivity index (χ1) is 8.20. The van der Waals surface area contributed by atoms with Crippen molar-refractivity contribution in [3.8, 4) is 17.1 Å². The number of tetrazole rings is 1. The van der Waals surface area contributed by atoms with Gasteiger partial charge in [-0.05, 0) is 22.6 Å². The lowest BCUT2D eigenvalue weighted by atomic mass is 10.2. The topological polar surface area (TPSA) is 90.1 Å². The second kappa shape index (κ2) is 4.60. The second-order valence-corrected chi connectivity index (χ2v) is 3.29. The zero-order valence-electron chi connectivity index (χ0n) is 9.07. The van der Waals surface area contributed by atoms with Gasteiger partial charge in [0.25, 0.3) is 0 Å². The van der Waals surface area contributed by atoms with E-state index in [0.717, 1.165) is 0 Å². The number of carboxylic acids is 1. The number of hydrogen-bond donors (Lipinski definition) is 1. The van der Waals surface area contributed by atoms with Crippen molar-refractivity contribution in [2.75, 3.05) is 7.11 Å². The quantitative estimate of drug-likeness (QED) is 0.825. The van der Waals surface area contributed by atoms with E-state index < -0.39 is 5.97 Å². The highest BCUT2D eigenvalue weighted by Crippen LogP contribution is 2.21. The molecule has 1 aromatic carbocycles. The normalized spacial score (nSPS) is 10.2. The van der Waals surface area contributed by atoms with Crippen LogP contribution in [0.4, 0.5) is 0 Å².